The molecule has 0 saturated heterocycles. The van der Waals surface area contributed by atoms with Crippen LogP contribution < -0.4 is 0 Å². The fraction of sp³-hybridized carbons (Fsp3) is 0.556. The second kappa shape index (κ2) is 8.72. The van der Waals surface area contributed by atoms with E-state index in [1.165, 1.54) is 0 Å². The molecule has 0 atom stereocenters. The molecule has 0 fully saturated rings. The summed E-state index contributed by atoms with van der Waals surface area (Å²) in [6.07, 6.45) is 8.02. The van der Waals surface area contributed by atoms with Crippen molar-refractivity contribution in [3.05, 3.63) is 12.2 Å². The van der Waals surface area contributed by atoms with Gasteiger partial charge in [-0.25, -0.2) is 0 Å². The number of hydrogen-bond acceptors (Lipinski definition) is 2. The lowest BCUT2D eigenvalue weighted by atomic mass is 10.2. The monoisotopic (exact) mass is 148 g/mol. The van der Waals surface area contributed by atoms with Crippen LogP contribution in [0.25, 0.3) is 0 Å². The highest BCUT2D eigenvalue weighted by atomic mass is 14.2. The van der Waals surface area contributed by atoms with Crippen molar-refractivity contribution in [2.75, 3.05) is 0 Å². The van der Waals surface area contributed by atoms with Crippen LogP contribution in [0.2, 0.25) is 0 Å². The minimum absolute atomic E-state index is 0.498. The predicted molar refractivity (Wildman–Crippen MR) is 43.5 cm³/mol. The molecule has 0 heterocycles. The molecule has 0 amide bonds. The summed E-state index contributed by atoms with van der Waals surface area (Å²) in [5, 5.41) is 16.4. The van der Waals surface area contributed by atoms with Crippen LogP contribution in [-0.4, -0.2) is 0 Å². The lowest BCUT2D eigenvalue weighted by molar-refractivity contribution is 0.767. The average molecular weight is 148 g/mol. The van der Waals surface area contributed by atoms with Crippen LogP contribution in [0.3, 0.4) is 0 Å². The van der Waals surface area contributed by atoms with Gasteiger partial charge < -0.3 is 0 Å². The van der Waals surface area contributed by atoms with Crippen LogP contribution >= 0.6 is 0 Å². The first-order chi connectivity index (χ1) is 5.41. The fourth-order valence-corrected chi connectivity index (χ4v) is 0.720. The molecule has 0 N–H and O–H groups in total. The Morgan fingerprint density at radius 3 is 2.45 bits per heavy atom. The Hall–Kier alpha value is -1.28. The van der Waals surface area contributed by atoms with Crippen molar-refractivity contribution in [3.63, 3.8) is 0 Å². The molecule has 0 rings (SSSR count). The van der Waals surface area contributed by atoms with Gasteiger partial charge in [-0.2, -0.15) is 10.5 Å². The summed E-state index contributed by atoms with van der Waals surface area (Å²) in [5.74, 6) is 0. The average Bonchev–Trinajstić information content (AvgIpc) is 2.03. The molecule has 0 unspecified atom stereocenters. The summed E-state index contributed by atoms with van der Waals surface area (Å²) in [7, 11) is 0. The van der Waals surface area contributed by atoms with Crippen molar-refractivity contribution in [1.82, 2.24) is 0 Å². The van der Waals surface area contributed by atoms with Crippen LogP contribution in [-0.2, 0) is 0 Å². The van der Waals surface area contributed by atoms with Crippen molar-refractivity contribution in [2.45, 2.75) is 32.1 Å². The minimum Gasteiger partial charge on any atom is -0.198 e. The predicted octanol–water partition coefficient (Wildman–Crippen LogP) is 2.54. The van der Waals surface area contributed by atoms with Gasteiger partial charge in [-0.1, -0.05) is 12.2 Å². The Morgan fingerprint density at radius 1 is 1.00 bits per heavy atom. The Morgan fingerprint density at radius 2 is 1.82 bits per heavy atom. The smallest absolute Gasteiger partial charge is 0.0663 e. The van der Waals surface area contributed by atoms with Gasteiger partial charge >= 0.3 is 0 Å². The molecule has 2 nitrogen and oxygen atoms in total. The van der Waals surface area contributed by atoms with Gasteiger partial charge in [0, 0.05) is 6.42 Å². The van der Waals surface area contributed by atoms with E-state index in [1.807, 2.05) is 18.2 Å². The Balaban J connectivity index is 3.03. The molecule has 2 heteroatoms. The molecule has 11 heavy (non-hydrogen) atoms. The molecule has 0 aromatic heterocycles. The molecule has 0 aliphatic carbocycles. The second-order valence-corrected chi connectivity index (χ2v) is 2.24. The quantitative estimate of drug-likeness (QED) is 0.444. The topological polar surface area (TPSA) is 47.6 Å². The molecule has 0 aliphatic heterocycles. The van der Waals surface area contributed by atoms with E-state index in [-0.39, 0.29) is 0 Å². The number of rotatable bonds is 5. The van der Waals surface area contributed by atoms with E-state index in [4.69, 9.17) is 10.5 Å². The molecule has 0 radical (unpaired) electrons. The largest absolute Gasteiger partial charge is 0.198 e. The summed E-state index contributed by atoms with van der Waals surface area (Å²) in [6.45, 7) is 0. The first-order valence-electron chi connectivity index (χ1n) is 3.80. The maximum absolute atomic E-state index is 8.20. The first kappa shape index (κ1) is 9.72. The highest BCUT2D eigenvalue weighted by Gasteiger charge is 1.83. The van der Waals surface area contributed by atoms with E-state index in [1.54, 1.807) is 0 Å². The van der Waals surface area contributed by atoms with Crippen LogP contribution in [0.5, 0.6) is 0 Å². The van der Waals surface area contributed by atoms with Crippen LogP contribution in [0, 0.1) is 22.7 Å². The number of nitrogens with zero attached hydrogens (tertiary/aromatic N) is 2. The molecular formula is C9H12N2. The summed E-state index contributed by atoms with van der Waals surface area (Å²) in [4.78, 5) is 0. The third-order valence-corrected chi connectivity index (χ3v) is 1.29. The summed E-state index contributed by atoms with van der Waals surface area (Å²) < 4.78 is 0. The number of hydrogen-bond donors (Lipinski definition) is 0. The van der Waals surface area contributed by atoms with Crippen molar-refractivity contribution >= 4 is 0 Å². The second-order valence-electron chi connectivity index (χ2n) is 2.24. The Labute approximate surface area is 67.8 Å². The third kappa shape index (κ3) is 8.72. The van der Waals surface area contributed by atoms with Gasteiger partial charge in [-0.05, 0) is 19.3 Å². The van der Waals surface area contributed by atoms with Crippen LogP contribution in [0.15, 0.2) is 12.2 Å². The van der Waals surface area contributed by atoms with Crippen molar-refractivity contribution < 1.29 is 0 Å². The lowest BCUT2D eigenvalue weighted by Crippen LogP contribution is -1.71. The number of unbranched alkanes of at least 4 members (excludes halogenated alkanes) is 3. The summed E-state index contributed by atoms with van der Waals surface area (Å²) in [6, 6.07) is 4.12. The van der Waals surface area contributed by atoms with E-state index in [9.17, 15) is 0 Å². The molecular weight excluding hydrogens is 136 g/mol. The minimum atomic E-state index is 0.498. The summed E-state index contributed by atoms with van der Waals surface area (Å²) >= 11 is 0. The van der Waals surface area contributed by atoms with Crippen molar-refractivity contribution in [2.24, 2.45) is 0 Å². The number of allylic oxidation sites excluding steroid dienone is 2. The fourth-order valence-electron chi connectivity index (χ4n) is 0.720. The van der Waals surface area contributed by atoms with E-state index >= 15 is 0 Å². The SMILES string of the molecule is N#CCC=CCCCCC#N. The molecule has 58 valence electrons. The molecule has 0 spiro atoms. The molecule has 0 bridgehead atoms. The van der Waals surface area contributed by atoms with Gasteiger partial charge in [0.2, 0.25) is 0 Å². The van der Waals surface area contributed by atoms with E-state index in [2.05, 4.69) is 6.07 Å². The van der Waals surface area contributed by atoms with E-state index in [0.717, 1.165) is 19.3 Å². The van der Waals surface area contributed by atoms with Crippen molar-refractivity contribution in [1.29, 1.82) is 10.5 Å². The van der Waals surface area contributed by atoms with Crippen molar-refractivity contribution in [3.8, 4) is 12.1 Å². The van der Waals surface area contributed by atoms with Gasteiger partial charge in [-0.15, -0.1) is 0 Å². The lowest BCUT2D eigenvalue weighted by Gasteiger charge is -1.88. The van der Waals surface area contributed by atoms with Gasteiger partial charge in [0.1, 0.15) is 0 Å². The zero-order chi connectivity index (χ0) is 8.36. The van der Waals surface area contributed by atoms with Gasteiger partial charge in [0.05, 0.1) is 18.6 Å². The van der Waals surface area contributed by atoms with Crippen LogP contribution in [0.1, 0.15) is 32.1 Å². The Bertz CT molecular complexity index is 181. The van der Waals surface area contributed by atoms with Gasteiger partial charge in [0.25, 0.3) is 0 Å². The molecule has 0 saturated carbocycles. The molecule has 0 aliphatic rings. The van der Waals surface area contributed by atoms with Gasteiger partial charge in [0.15, 0.2) is 0 Å². The first-order valence-corrected chi connectivity index (χ1v) is 3.80. The third-order valence-electron chi connectivity index (χ3n) is 1.29. The summed E-state index contributed by atoms with van der Waals surface area (Å²) in [5.41, 5.74) is 0. The molecule has 0 aromatic rings. The Kier molecular flexibility index (Phi) is 7.71. The highest BCUT2D eigenvalue weighted by Crippen LogP contribution is 1.99. The molecule has 0 aromatic carbocycles. The van der Waals surface area contributed by atoms with Crippen LogP contribution in [0.4, 0.5) is 0 Å². The van der Waals surface area contributed by atoms with E-state index < -0.39 is 0 Å². The zero-order valence-corrected chi connectivity index (χ0v) is 6.58. The maximum Gasteiger partial charge on any atom is 0.0663 e. The standard InChI is InChI=1S/C9H12N2/c10-8-6-4-2-1-3-5-7-9-11/h2,4H,1,3,5-7H2. The van der Waals surface area contributed by atoms with E-state index in [0.29, 0.717) is 12.8 Å². The normalized spacial score (nSPS) is 9.27. The number of nitriles is 2. The highest BCUT2D eigenvalue weighted by molar-refractivity contribution is 4.90. The zero-order valence-electron chi connectivity index (χ0n) is 6.58. The maximum atomic E-state index is 8.20. The van der Waals surface area contributed by atoms with Gasteiger partial charge in [-0.3, -0.25) is 0 Å².